The molecule has 0 saturated heterocycles. The van der Waals surface area contributed by atoms with Crippen molar-refractivity contribution in [2.75, 3.05) is 10.6 Å². The maximum atomic E-state index is 12.8. The van der Waals surface area contributed by atoms with E-state index in [1.807, 2.05) is 43.3 Å². The fourth-order valence-electron chi connectivity index (χ4n) is 2.68. The topological polar surface area (TPSA) is 55.6 Å². The Bertz CT molecular complexity index is 720. The molecule has 22 heavy (non-hydrogen) atoms. The van der Waals surface area contributed by atoms with Crippen molar-refractivity contribution in [3.05, 3.63) is 53.6 Å². The summed E-state index contributed by atoms with van der Waals surface area (Å²) in [5, 5.41) is 0. The van der Waals surface area contributed by atoms with E-state index in [0.29, 0.717) is 23.7 Å². The summed E-state index contributed by atoms with van der Waals surface area (Å²) < 4.78 is 5.83. The third-order valence-corrected chi connectivity index (χ3v) is 3.89. The van der Waals surface area contributed by atoms with E-state index in [4.69, 9.17) is 10.5 Å². The number of anilines is 2. The first kappa shape index (κ1) is 14.4. The molecule has 114 valence electrons. The summed E-state index contributed by atoms with van der Waals surface area (Å²) >= 11 is 0. The molecule has 0 bridgehead atoms. The number of carbonyl (C=O) groups is 1. The van der Waals surface area contributed by atoms with Crippen LogP contribution >= 0.6 is 0 Å². The molecule has 0 atom stereocenters. The predicted octanol–water partition coefficient (Wildman–Crippen LogP) is 3.28. The molecule has 1 aliphatic rings. The van der Waals surface area contributed by atoms with Crippen molar-refractivity contribution in [3.8, 4) is 5.75 Å². The molecule has 0 fully saturated rings. The molecule has 0 saturated carbocycles. The van der Waals surface area contributed by atoms with Gasteiger partial charge in [0.15, 0.2) is 5.60 Å². The number of nitrogens with zero attached hydrogens (tertiary/aromatic N) is 1. The van der Waals surface area contributed by atoms with E-state index in [1.165, 1.54) is 5.56 Å². The van der Waals surface area contributed by atoms with Crippen LogP contribution in [0.1, 0.15) is 25.0 Å². The third kappa shape index (κ3) is 2.41. The van der Waals surface area contributed by atoms with Gasteiger partial charge in [0, 0.05) is 0 Å². The number of nitrogens with two attached hydrogens (primary N) is 1. The Labute approximate surface area is 130 Å². The number of rotatable bonds is 2. The van der Waals surface area contributed by atoms with Gasteiger partial charge in [0.25, 0.3) is 5.91 Å². The molecule has 2 aromatic rings. The van der Waals surface area contributed by atoms with Crippen LogP contribution in [0.5, 0.6) is 5.75 Å². The first-order valence-corrected chi connectivity index (χ1v) is 7.33. The zero-order valence-electron chi connectivity index (χ0n) is 13.1. The van der Waals surface area contributed by atoms with Crippen molar-refractivity contribution in [2.45, 2.75) is 32.9 Å². The number of amides is 1. The Morgan fingerprint density at radius 2 is 1.82 bits per heavy atom. The van der Waals surface area contributed by atoms with Crippen molar-refractivity contribution in [2.24, 2.45) is 0 Å². The van der Waals surface area contributed by atoms with Gasteiger partial charge in [0.2, 0.25) is 0 Å². The van der Waals surface area contributed by atoms with Crippen LogP contribution in [0.3, 0.4) is 0 Å². The first-order chi connectivity index (χ1) is 10.4. The van der Waals surface area contributed by atoms with Gasteiger partial charge in [-0.05, 0) is 38.5 Å². The average Bonchev–Trinajstić information content (AvgIpc) is 2.46. The Hall–Kier alpha value is -2.49. The summed E-state index contributed by atoms with van der Waals surface area (Å²) in [6.07, 6.45) is 0. The molecule has 0 unspecified atom stereocenters. The van der Waals surface area contributed by atoms with Gasteiger partial charge in [0.1, 0.15) is 11.4 Å². The van der Waals surface area contributed by atoms with Crippen molar-refractivity contribution in [1.29, 1.82) is 0 Å². The highest BCUT2D eigenvalue weighted by atomic mass is 16.5. The SMILES string of the molecule is Cc1ccc(CN2C(=O)C(C)(C)Oc3cccc(N)c32)cc1. The van der Waals surface area contributed by atoms with Gasteiger partial charge in [-0.25, -0.2) is 0 Å². The van der Waals surface area contributed by atoms with Gasteiger partial charge in [-0.2, -0.15) is 0 Å². The largest absolute Gasteiger partial charge is 0.476 e. The number of benzene rings is 2. The number of aryl methyl sites for hydroxylation is 1. The van der Waals surface area contributed by atoms with Crippen LogP contribution in [-0.2, 0) is 11.3 Å². The molecule has 2 aromatic carbocycles. The summed E-state index contributed by atoms with van der Waals surface area (Å²) in [6, 6.07) is 13.6. The number of para-hydroxylation sites is 1. The number of fused-ring (bicyclic) bond motifs is 1. The van der Waals surface area contributed by atoms with Crippen LogP contribution in [0.2, 0.25) is 0 Å². The smallest absolute Gasteiger partial charge is 0.271 e. The second kappa shape index (κ2) is 5.05. The van der Waals surface area contributed by atoms with Gasteiger partial charge in [-0.1, -0.05) is 35.9 Å². The van der Waals surface area contributed by atoms with Gasteiger partial charge in [-0.15, -0.1) is 0 Å². The standard InChI is InChI=1S/C18H20N2O2/c1-12-7-9-13(10-8-12)11-20-16-14(19)5-4-6-15(16)22-18(2,3)17(20)21/h4-10H,11,19H2,1-3H3. The van der Waals surface area contributed by atoms with Gasteiger partial charge >= 0.3 is 0 Å². The van der Waals surface area contributed by atoms with Crippen LogP contribution in [0.25, 0.3) is 0 Å². The van der Waals surface area contributed by atoms with Crippen molar-refractivity contribution < 1.29 is 9.53 Å². The Balaban J connectivity index is 2.05. The van der Waals surface area contributed by atoms with E-state index in [0.717, 1.165) is 5.56 Å². The molecule has 0 aromatic heterocycles. The highest BCUT2D eigenvalue weighted by Gasteiger charge is 2.41. The Morgan fingerprint density at radius 3 is 2.50 bits per heavy atom. The van der Waals surface area contributed by atoms with E-state index >= 15 is 0 Å². The molecule has 0 spiro atoms. The minimum absolute atomic E-state index is 0.0847. The fourth-order valence-corrected chi connectivity index (χ4v) is 2.68. The Morgan fingerprint density at radius 1 is 1.14 bits per heavy atom. The maximum absolute atomic E-state index is 12.8. The molecule has 4 nitrogen and oxygen atoms in total. The zero-order chi connectivity index (χ0) is 15.9. The minimum atomic E-state index is -0.897. The lowest BCUT2D eigenvalue weighted by molar-refractivity contribution is -0.132. The monoisotopic (exact) mass is 296 g/mol. The summed E-state index contributed by atoms with van der Waals surface area (Å²) in [4.78, 5) is 14.5. The molecule has 1 amide bonds. The van der Waals surface area contributed by atoms with E-state index in [9.17, 15) is 4.79 Å². The van der Waals surface area contributed by atoms with Crippen LogP contribution in [0.15, 0.2) is 42.5 Å². The van der Waals surface area contributed by atoms with Crippen LogP contribution in [0.4, 0.5) is 11.4 Å². The normalized spacial score (nSPS) is 16.1. The van der Waals surface area contributed by atoms with E-state index < -0.39 is 5.60 Å². The highest BCUT2D eigenvalue weighted by Crippen LogP contribution is 2.42. The third-order valence-electron chi connectivity index (χ3n) is 3.89. The van der Waals surface area contributed by atoms with Crippen molar-refractivity contribution >= 4 is 17.3 Å². The van der Waals surface area contributed by atoms with Crippen molar-refractivity contribution in [1.82, 2.24) is 0 Å². The number of nitrogen functional groups attached to an aromatic ring is 1. The molecular weight excluding hydrogens is 276 g/mol. The first-order valence-electron chi connectivity index (χ1n) is 7.33. The molecular formula is C18H20N2O2. The lowest BCUT2D eigenvalue weighted by Gasteiger charge is -2.39. The average molecular weight is 296 g/mol. The van der Waals surface area contributed by atoms with E-state index in [1.54, 1.807) is 24.8 Å². The summed E-state index contributed by atoms with van der Waals surface area (Å²) in [7, 11) is 0. The molecule has 1 aliphatic heterocycles. The summed E-state index contributed by atoms with van der Waals surface area (Å²) in [5.41, 5.74) is 8.65. The maximum Gasteiger partial charge on any atom is 0.271 e. The quantitative estimate of drug-likeness (QED) is 0.865. The molecule has 4 heteroatoms. The molecule has 1 heterocycles. The van der Waals surface area contributed by atoms with Gasteiger partial charge < -0.3 is 10.5 Å². The van der Waals surface area contributed by atoms with E-state index in [2.05, 4.69) is 0 Å². The van der Waals surface area contributed by atoms with Crippen LogP contribution in [0, 0.1) is 6.92 Å². The van der Waals surface area contributed by atoms with Gasteiger partial charge in [0.05, 0.1) is 12.2 Å². The predicted molar refractivity (Wildman–Crippen MR) is 87.9 cm³/mol. The van der Waals surface area contributed by atoms with Crippen molar-refractivity contribution in [3.63, 3.8) is 0 Å². The number of ether oxygens (including phenoxy) is 1. The number of carbonyl (C=O) groups excluding carboxylic acids is 1. The second-order valence-electron chi connectivity index (χ2n) is 6.18. The molecule has 2 N–H and O–H groups in total. The van der Waals surface area contributed by atoms with Crippen LogP contribution in [-0.4, -0.2) is 11.5 Å². The summed E-state index contributed by atoms with van der Waals surface area (Å²) in [5.74, 6) is 0.565. The van der Waals surface area contributed by atoms with Crippen LogP contribution < -0.4 is 15.4 Å². The minimum Gasteiger partial charge on any atom is -0.476 e. The number of hydrogen-bond donors (Lipinski definition) is 1. The molecule has 0 radical (unpaired) electrons. The zero-order valence-corrected chi connectivity index (χ0v) is 13.1. The lowest BCUT2D eigenvalue weighted by atomic mass is 10.0. The highest BCUT2D eigenvalue weighted by molar-refractivity contribution is 6.04. The van der Waals surface area contributed by atoms with E-state index in [-0.39, 0.29) is 5.91 Å². The molecule has 0 aliphatic carbocycles. The second-order valence-corrected chi connectivity index (χ2v) is 6.18. The van der Waals surface area contributed by atoms with Gasteiger partial charge in [-0.3, -0.25) is 9.69 Å². The molecule has 3 rings (SSSR count). The summed E-state index contributed by atoms with van der Waals surface area (Å²) in [6.45, 7) is 6.08. The Kier molecular flexibility index (Phi) is 3.32. The fraction of sp³-hybridized carbons (Fsp3) is 0.278. The lowest BCUT2D eigenvalue weighted by Crippen LogP contribution is -2.52. The number of hydrogen-bond acceptors (Lipinski definition) is 3.